The Morgan fingerprint density at radius 3 is 3.18 bits per heavy atom. The van der Waals surface area contributed by atoms with Gasteiger partial charge in [0.05, 0.1) is 12.2 Å². The zero-order valence-corrected chi connectivity index (χ0v) is 7.18. The number of hydrogen-bond acceptors (Lipinski definition) is 2. The summed E-state index contributed by atoms with van der Waals surface area (Å²) in [6.07, 6.45) is 6.05. The van der Waals surface area contributed by atoms with Crippen LogP contribution in [0.15, 0.2) is 0 Å². The first-order chi connectivity index (χ1) is 5.40. The van der Waals surface area contributed by atoms with Gasteiger partial charge in [0, 0.05) is 6.04 Å². The van der Waals surface area contributed by atoms with E-state index < -0.39 is 0 Å². The Balaban J connectivity index is 1.92. The average molecular weight is 155 g/mol. The van der Waals surface area contributed by atoms with Crippen LogP contribution in [-0.4, -0.2) is 24.8 Å². The van der Waals surface area contributed by atoms with Gasteiger partial charge < -0.3 is 10.1 Å². The van der Waals surface area contributed by atoms with Gasteiger partial charge >= 0.3 is 0 Å². The molecule has 0 radical (unpaired) electrons. The molecule has 0 amide bonds. The van der Waals surface area contributed by atoms with Crippen LogP contribution in [0.4, 0.5) is 0 Å². The van der Waals surface area contributed by atoms with E-state index in [1.807, 2.05) is 0 Å². The van der Waals surface area contributed by atoms with Crippen LogP contribution in [0, 0.1) is 0 Å². The van der Waals surface area contributed by atoms with Gasteiger partial charge in [0.15, 0.2) is 0 Å². The molecule has 3 atom stereocenters. The van der Waals surface area contributed by atoms with Crippen molar-refractivity contribution in [2.75, 3.05) is 6.54 Å². The Morgan fingerprint density at radius 2 is 2.45 bits per heavy atom. The third-order valence-corrected chi connectivity index (χ3v) is 2.86. The Hall–Kier alpha value is -0.0800. The Kier molecular flexibility index (Phi) is 2.14. The molecule has 2 nitrogen and oxygen atoms in total. The molecule has 64 valence electrons. The van der Waals surface area contributed by atoms with Crippen LogP contribution in [0.1, 0.15) is 32.6 Å². The van der Waals surface area contributed by atoms with E-state index in [4.69, 9.17) is 4.74 Å². The van der Waals surface area contributed by atoms with Gasteiger partial charge in [-0.15, -0.1) is 0 Å². The molecule has 0 bridgehead atoms. The highest BCUT2D eigenvalue weighted by atomic mass is 16.5. The van der Waals surface area contributed by atoms with Gasteiger partial charge in [0.25, 0.3) is 0 Å². The summed E-state index contributed by atoms with van der Waals surface area (Å²) in [5.41, 5.74) is 0. The van der Waals surface area contributed by atoms with E-state index in [1.165, 1.54) is 32.2 Å². The first kappa shape index (κ1) is 7.56. The van der Waals surface area contributed by atoms with E-state index in [0.717, 1.165) is 0 Å². The second kappa shape index (κ2) is 3.11. The minimum Gasteiger partial charge on any atom is -0.373 e. The first-order valence-electron chi connectivity index (χ1n) is 4.79. The lowest BCUT2D eigenvalue weighted by Gasteiger charge is -2.24. The molecule has 0 saturated carbocycles. The van der Waals surface area contributed by atoms with Gasteiger partial charge in [-0.25, -0.2) is 0 Å². The van der Waals surface area contributed by atoms with Gasteiger partial charge in [0.2, 0.25) is 0 Å². The highest BCUT2D eigenvalue weighted by Gasteiger charge is 2.35. The predicted molar refractivity (Wildman–Crippen MR) is 44.6 cm³/mol. The van der Waals surface area contributed by atoms with Crippen LogP contribution in [0.3, 0.4) is 0 Å². The third-order valence-electron chi connectivity index (χ3n) is 2.86. The zero-order valence-electron chi connectivity index (χ0n) is 7.18. The van der Waals surface area contributed by atoms with Gasteiger partial charge in [0.1, 0.15) is 0 Å². The van der Waals surface area contributed by atoms with Crippen molar-refractivity contribution in [3.05, 3.63) is 0 Å². The summed E-state index contributed by atoms with van der Waals surface area (Å²) in [5, 5.41) is 3.52. The largest absolute Gasteiger partial charge is 0.373 e. The highest BCUT2D eigenvalue weighted by molar-refractivity contribution is 4.89. The molecule has 1 N–H and O–H groups in total. The van der Waals surface area contributed by atoms with Crippen molar-refractivity contribution in [1.82, 2.24) is 5.32 Å². The van der Waals surface area contributed by atoms with Crippen molar-refractivity contribution in [3.63, 3.8) is 0 Å². The van der Waals surface area contributed by atoms with E-state index in [-0.39, 0.29) is 0 Å². The van der Waals surface area contributed by atoms with Crippen molar-refractivity contribution < 1.29 is 4.74 Å². The lowest BCUT2D eigenvalue weighted by atomic mass is 10.00. The molecule has 11 heavy (non-hydrogen) atoms. The average Bonchev–Trinajstić information content (AvgIpc) is 2.46. The van der Waals surface area contributed by atoms with Crippen LogP contribution in [0.5, 0.6) is 0 Å². The summed E-state index contributed by atoms with van der Waals surface area (Å²) >= 11 is 0. The minimum absolute atomic E-state index is 0.536. The zero-order chi connectivity index (χ0) is 7.68. The molecule has 0 aromatic carbocycles. The van der Waals surface area contributed by atoms with Crippen LogP contribution in [0.2, 0.25) is 0 Å². The summed E-state index contributed by atoms with van der Waals surface area (Å²) in [5.74, 6) is 0. The van der Waals surface area contributed by atoms with Gasteiger partial charge in [-0.2, -0.15) is 0 Å². The second-order valence-electron chi connectivity index (χ2n) is 3.64. The van der Waals surface area contributed by atoms with Crippen molar-refractivity contribution in [3.8, 4) is 0 Å². The molecule has 2 aliphatic heterocycles. The normalized spacial score (nSPS) is 43.9. The van der Waals surface area contributed by atoms with Crippen LogP contribution >= 0.6 is 0 Å². The molecule has 2 heteroatoms. The monoisotopic (exact) mass is 155 g/mol. The maximum absolute atomic E-state index is 5.85. The predicted octanol–water partition coefficient (Wildman–Crippen LogP) is 1.31. The Morgan fingerprint density at radius 1 is 1.55 bits per heavy atom. The van der Waals surface area contributed by atoms with Crippen molar-refractivity contribution in [2.24, 2.45) is 0 Å². The van der Waals surface area contributed by atoms with E-state index >= 15 is 0 Å². The van der Waals surface area contributed by atoms with Crippen LogP contribution in [0.25, 0.3) is 0 Å². The Bertz CT molecular complexity index is 124. The van der Waals surface area contributed by atoms with Crippen molar-refractivity contribution in [1.29, 1.82) is 0 Å². The number of rotatable bonds is 1. The SMILES string of the molecule is CCC1C[C@H]2NCCC[C@H]2O1. The molecule has 1 unspecified atom stereocenters. The topological polar surface area (TPSA) is 21.3 Å². The van der Waals surface area contributed by atoms with Crippen LogP contribution in [-0.2, 0) is 4.74 Å². The maximum Gasteiger partial charge on any atom is 0.0733 e. The van der Waals surface area contributed by atoms with E-state index in [9.17, 15) is 0 Å². The molecule has 0 aliphatic carbocycles. The van der Waals surface area contributed by atoms with Crippen molar-refractivity contribution in [2.45, 2.75) is 50.9 Å². The summed E-state index contributed by atoms with van der Waals surface area (Å²) in [6.45, 7) is 3.41. The minimum atomic E-state index is 0.536. The molecular weight excluding hydrogens is 138 g/mol. The van der Waals surface area contributed by atoms with Gasteiger partial charge in [-0.3, -0.25) is 0 Å². The van der Waals surface area contributed by atoms with Gasteiger partial charge in [-0.05, 0) is 32.2 Å². The smallest absolute Gasteiger partial charge is 0.0733 e. The number of fused-ring (bicyclic) bond motifs is 1. The molecule has 2 heterocycles. The van der Waals surface area contributed by atoms with Gasteiger partial charge in [-0.1, -0.05) is 6.92 Å². The molecule has 0 spiro atoms. The van der Waals surface area contributed by atoms with E-state index in [0.29, 0.717) is 18.2 Å². The molecule has 2 fully saturated rings. The number of piperidine rings is 1. The second-order valence-corrected chi connectivity index (χ2v) is 3.64. The maximum atomic E-state index is 5.85. The summed E-state index contributed by atoms with van der Waals surface area (Å²) in [6, 6.07) is 0.675. The number of hydrogen-bond donors (Lipinski definition) is 1. The highest BCUT2D eigenvalue weighted by Crippen LogP contribution is 2.27. The molecule has 2 saturated heterocycles. The molecule has 0 aromatic rings. The molecule has 2 rings (SSSR count). The molecular formula is C9H17NO. The van der Waals surface area contributed by atoms with E-state index in [1.54, 1.807) is 0 Å². The molecule has 0 aromatic heterocycles. The number of nitrogens with one attached hydrogen (secondary N) is 1. The summed E-state index contributed by atoms with van der Waals surface area (Å²) in [4.78, 5) is 0. The lowest BCUT2D eigenvalue weighted by molar-refractivity contribution is 0.0252. The summed E-state index contributed by atoms with van der Waals surface area (Å²) < 4.78 is 5.85. The fraction of sp³-hybridized carbons (Fsp3) is 1.00. The fourth-order valence-corrected chi connectivity index (χ4v) is 2.17. The van der Waals surface area contributed by atoms with Crippen LogP contribution < -0.4 is 5.32 Å². The standard InChI is InChI=1S/C9H17NO/c1-2-7-6-8-9(11-7)4-3-5-10-8/h7-10H,2-6H2,1H3/t7?,8-,9-/m1/s1. The number of ether oxygens (including phenoxy) is 1. The fourth-order valence-electron chi connectivity index (χ4n) is 2.17. The summed E-state index contributed by atoms with van der Waals surface area (Å²) in [7, 11) is 0. The Labute approximate surface area is 68.3 Å². The van der Waals surface area contributed by atoms with E-state index in [2.05, 4.69) is 12.2 Å². The van der Waals surface area contributed by atoms with Crippen molar-refractivity contribution >= 4 is 0 Å². The lowest BCUT2D eigenvalue weighted by Crippen LogP contribution is -2.41. The quantitative estimate of drug-likeness (QED) is 0.616. The first-order valence-corrected chi connectivity index (χ1v) is 4.79. The molecule has 2 aliphatic rings. The third kappa shape index (κ3) is 1.42.